The predicted octanol–water partition coefficient (Wildman–Crippen LogP) is 2.09. The Kier molecular flexibility index (Phi) is 4.51. The summed E-state index contributed by atoms with van der Waals surface area (Å²) in [6.07, 6.45) is 4.04. The van der Waals surface area contributed by atoms with Crippen LogP contribution in [-0.2, 0) is 11.2 Å². The summed E-state index contributed by atoms with van der Waals surface area (Å²) in [6.45, 7) is 1.79. The average molecular weight is 344 g/mol. The lowest BCUT2D eigenvalue weighted by atomic mass is 10.1. The molecule has 1 unspecified atom stereocenters. The zero-order chi connectivity index (χ0) is 17.2. The predicted molar refractivity (Wildman–Crippen MR) is 93.1 cm³/mol. The van der Waals surface area contributed by atoms with Gasteiger partial charge in [-0.1, -0.05) is 30.7 Å². The van der Waals surface area contributed by atoms with Gasteiger partial charge in [-0.25, -0.2) is 10.0 Å². The van der Waals surface area contributed by atoms with Crippen molar-refractivity contribution in [1.82, 2.24) is 15.4 Å². The quantitative estimate of drug-likeness (QED) is 0.890. The van der Waals surface area contributed by atoms with Crippen LogP contribution >= 0.6 is 11.6 Å². The molecular weight excluding hydrogens is 326 g/mol. The Hall–Kier alpha value is -2.44. The molecule has 2 aromatic rings. The van der Waals surface area contributed by atoms with Gasteiger partial charge in [0.1, 0.15) is 0 Å². The fourth-order valence-corrected chi connectivity index (χ4v) is 2.69. The molecule has 24 heavy (non-hydrogen) atoms. The molecule has 0 saturated carbocycles. The molecule has 0 spiro atoms. The lowest BCUT2D eigenvalue weighted by molar-refractivity contribution is -0.138. The van der Waals surface area contributed by atoms with E-state index in [2.05, 4.69) is 15.4 Å². The van der Waals surface area contributed by atoms with Crippen LogP contribution in [0.4, 0.5) is 0 Å². The van der Waals surface area contributed by atoms with E-state index in [1.165, 1.54) is 5.01 Å². The second-order valence-corrected chi connectivity index (χ2v) is 6.01. The lowest BCUT2D eigenvalue weighted by Crippen LogP contribution is -2.59. The third-order valence-electron chi connectivity index (χ3n) is 3.77. The van der Waals surface area contributed by atoms with Gasteiger partial charge in [-0.3, -0.25) is 20.9 Å². The van der Waals surface area contributed by atoms with Gasteiger partial charge in [0.05, 0.1) is 0 Å². The largest absolute Gasteiger partial charge is 0.288 e. The van der Waals surface area contributed by atoms with Crippen LogP contribution in [0.3, 0.4) is 0 Å². The van der Waals surface area contributed by atoms with Crippen LogP contribution in [0.5, 0.6) is 0 Å². The molecule has 1 aliphatic rings. The molecule has 3 N–H and O–H groups in total. The zero-order valence-corrected chi connectivity index (χ0v) is 14.0. The van der Waals surface area contributed by atoms with Gasteiger partial charge in [-0.15, -0.1) is 0 Å². The molecule has 1 aliphatic heterocycles. The van der Waals surface area contributed by atoms with Crippen LogP contribution in [-0.4, -0.2) is 27.5 Å². The maximum absolute atomic E-state index is 12.3. The molecule has 0 aliphatic carbocycles. The monoisotopic (exact) mass is 343 g/mol. The number of aromatic nitrogens is 1. The molecule has 0 radical (unpaired) electrons. The molecule has 0 bridgehead atoms. The summed E-state index contributed by atoms with van der Waals surface area (Å²) in [6, 6.07) is 11.0. The highest BCUT2D eigenvalue weighted by Crippen LogP contribution is 2.24. The first-order chi connectivity index (χ1) is 11.5. The fraction of sp³-hybridized carbons (Fsp3) is 0.235. The van der Waals surface area contributed by atoms with E-state index in [1.54, 1.807) is 37.5 Å². The first-order valence-electron chi connectivity index (χ1n) is 7.65. The van der Waals surface area contributed by atoms with E-state index >= 15 is 0 Å². The Bertz CT molecular complexity index is 762. The lowest BCUT2D eigenvalue weighted by Gasteiger charge is -2.31. The topological polar surface area (TPSA) is 83.6 Å². The van der Waals surface area contributed by atoms with Gasteiger partial charge in [-0.05, 0) is 29.8 Å². The Morgan fingerprint density at radius 3 is 2.71 bits per heavy atom. The summed E-state index contributed by atoms with van der Waals surface area (Å²) in [5, 5.41) is 2.04. The number of nitrogens with zero attached hydrogens (tertiary/aromatic N) is 3. The Labute approximate surface area is 145 Å². The summed E-state index contributed by atoms with van der Waals surface area (Å²) < 4.78 is 0. The van der Waals surface area contributed by atoms with Gasteiger partial charge in [0.15, 0.2) is 5.84 Å². The number of benzene rings is 1. The summed E-state index contributed by atoms with van der Waals surface area (Å²) in [4.78, 5) is 21.0. The standard InChI is InChI=1S/C17H18ClN5O/c1-2-15(24)23-17(19,10-12-5-7-14(18)8-6-12)21-16(22-23)13-4-3-9-20-11-13/h3-9,11H,2,10,19H2,1H3,(H,21,22). The first-order valence-corrected chi connectivity index (χ1v) is 8.03. The van der Waals surface area contributed by atoms with Crippen LogP contribution in [0.1, 0.15) is 24.5 Å². The van der Waals surface area contributed by atoms with Crippen molar-refractivity contribution in [2.24, 2.45) is 10.7 Å². The van der Waals surface area contributed by atoms with Crippen molar-refractivity contribution in [3.63, 3.8) is 0 Å². The van der Waals surface area contributed by atoms with Gasteiger partial charge in [0, 0.05) is 35.8 Å². The van der Waals surface area contributed by atoms with Gasteiger partial charge in [0.25, 0.3) is 0 Å². The average Bonchev–Trinajstić information content (AvgIpc) is 2.94. The van der Waals surface area contributed by atoms with E-state index in [9.17, 15) is 4.79 Å². The van der Waals surface area contributed by atoms with Gasteiger partial charge >= 0.3 is 0 Å². The summed E-state index contributed by atoms with van der Waals surface area (Å²) in [5.74, 6) is -0.804. The number of pyridine rings is 1. The number of aliphatic imine (C=N–C) groups is 1. The molecule has 0 fully saturated rings. The van der Waals surface area contributed by atoms with Crippen LogP contribution in [0.2, 0.25) is 5.02 Å². The summed E-state index contributed by atoms with van der Waals surface area (Å²) in [7, 11) is 0. The SMILES string of the molecule is CCC(=O)N1NC(c2cccnc2)=NC1(N)Cc1ccc(Cl)cc1. The van der Waals surface area contributed by atoms with Crippen LogP contribution in [0.25, 0.3) is 0 Å². The van der Waals surface area contributed by atoms with Crippen molar-refractivity contribution >= 4 is 23.3 Å². The molecule has 1 atom stereocenters. The van der Waals surface area contributed by atoms with Crippen molar-refractivity contribution < 1.29 is 4.79 Å². The number of nitrogens with one attached hydrogen (secondary N) is 1. The Balaban J connectivity index is 1.94. The van der Waals surface area contributed by atoms with Gasteiger partial charge < -0.3 is 0 Å². The van der Waals surface area contributed by atoms with E-state index in [0.717, 1.165) is 11.1 Å². The highest BCUT2D eigenvalue weighted by atomic mass is 35.5. The highest BCUT2D eigenvalue weighted by molar-refractivity contribution is 6.30. The Morgan fingerprint density at radius 1 is 1.33 bits per heavy atom. The molecule has 7 heteroatoms. The third-order valence-corrected chi connectivity index (χ3v) is 4.03. The first kappa shape index (κ1) is 16.4. The Morgan fingerprint density at radius 2 is 2.08 bits per heavy atom. The molecule has 6 nitrogen and oxygen atoms in total. The van der Waals surface area contributed by atoms with E-state index in [1.807, 2.05) is 18.2 Å². The summed E-state index contributed by atoms with van der Waals surface area (Å²) in [5.41, 5.74) is 11.2. The minimum absolute atomic E-state index is 0.130. The molecule has 0 saturated heterocycles. The van der Waals surface area contributed by atoms with E-state index in [4.69, 9.17) is 17.3 Å². The van der Waals surface area contributed by atoms with Crippen LogP contribution < -0.4 is 11.2 Å². The van der Waals surface area contributed by atoms with E-state index in [0.29, 0.717) is 23.7 Å². The van der Waals surface area contributed by atoms with Crippen molar-refractivity contribution in [3.05, 3.63) is 64.9 Å². The number of rotatable bonds is 4. The molecule has 1 amide bonds. The number of carbonyl (C=O) groups is 1. The number of hydrogen-bond acceptors (Lipinski definition) is 5. The highest BCUT2D eigenvalue weighted by Gasteiger charge is 2.41. The van der Waals surface area contributed by atoms with Gasteiger partial charge in [0.2, 0.25) is 11.7 Å². The molecule has 2 heterocycles. The molecule has 3 rings (SSSR count). The normalized spacial score (nSPS) is 19.8. The number of amidine groups is 1. The van der Waals surface area contributed by atoms with E-state index in [-0.39, 0.29) is 5.91 Å². The number of nitrogens with two attached hydrogens (primary N) is 1. The number of amides is 1. The maximum atomic E-state index is 12.3. The maximum Gasteiger partial charge on any atom is 0.244 e. The molecular formula is C17H18ClN5O. The number of carbonyl (C=O) groups excluding carboxylic acids is 1. The zero-order valence-electron chi connectivity index (χ0n) is 13.2. The number of hydrogen-bond donors (Lipinski definition) is 2. The smallest absolute Gasteiger partial charge is 0.244 e. The minimum atomic E-state index is -1.20. The second kappa shape index (κ2) is 6.59. The van der Waals surface area contributed by atoms with E-state index < -0.39 is 5.79 Å². The third kappa shape index (κ3) is 3.25. The van der Waals surface area contributed by atoms with Crippen molar-refractivity contribution in [2.45, 2.75) is 25.6 Å². The molecule has 1 aromatic carbocycles. The number of halogens is 1. The molecule has 124 valence electrons. The van der Waals surface area contributed by atoms with Crippen molar-refractivity contribution in [1.29, 1.82) is 0 Å². The number of hydrazine groups is 1. The second-order valence-electron chi connectivity index (χ2n) is 5.58. The van der Waals surface area contributed by atoms with Crippen molar-refractivity contribution in [2.75, 3.05) is 0 Å². The fourth-order valence-electron chi connectivity index (χ4n) is 2.56. The van der Waals surface area contributed by atoms with Crippen LogP contribution in [0.15, 0.2) is 53.8 Å². The van der Waals surface area contributed by atoms with Gasteiger partial charge in [-0.2, -0.15) is 0 Å². The van der Waals surface area contributed by atoms with Crippen molar-refractivity contribution in [3.8, 4) is 0 Å². The van der Waals surface area contributed by atoms with Crippen LogP contribution in [0, 0.1) is 0 Å². The minimum Gasteiger partial charge on any atom is -0.288 e. The molecule has 1 aromatic heterocycles. The summed E-state index contributed by atoms with van der Waals surface area (Å²) >= 11 is 5.93.